The van der Waals surface area contributed by atoms with Gasteiger partial charge in [0.15, 0.2) is 0 Å². The first-order chi connectivity index (χ1) is 7.18. The number of aryl methyl sites for hydroxylation is 1. The highest BCUT2D eigenvalue weighted by Gasteiger charge is 2.14. The molecule has 0 aliphatic rings. The Morgan fingerprint density at radius 3 is 2.73 bits per heavy atom. The molecule has 0 N–H and O–H groups in total. The minimum atomic E-state index is -0.216. The highest BCUT2D eigenvalue weighted by atomic mass is 35.5. The molecule has 1 aromatic carbocycles. The zero-order valence-electron chi connectivity index (χ0n) is 8.21. The summed E-state index contributed by atoms with van der Waals surface area (Å²) < 4.78 is 12.9. The van der Waals surface area contributed by atoms with Crippen LogP contribution < -0.4 is 0 Å². The van der Waals surface area contributed by atoms with Crippen LogP contribution in [0.4, 0.5) is 4.39 Å². The van der Waals surface area contributed by atoms with Crippen LogP contribution in [0, 0.1) is 12.7 Å². The average molecular weight is 241 g/mol. The second kappa shape index (κ2) is 4.33. The summed E-state index contributed by atoms with van der Waals surface area (Å²) in [5.74, 6) is -0.216. The summed E-state index contributed by atoms with van der Waals surface area (Å²) in [6, 6.07) is 8.67. The van der Waals surface area contributed by atoms with Crippen molar-refractivity contribution in [2.45, 2.75) is 12.3 Å². The summed E-state index contributed by atoms with van der Waals surface area (Å²) in [7, 11) is 0. The molecule has 1 atom stereocenters. The van der Waals surface area contributed by atoms with Gasteiger partial charge in [0, 0.05) is 4.88 Å². The molecule has 0 bridgehead atoms. The summed E-state index contributed by atoms with van der Waals surface area (Å²) in [5.41, 5.74) is 1.86. The Bertz CT molecular complexity index is 451. The molecule has 1 heterocycles. The smallest absolute Gasteiger partial charge is 0.123 e. The maximum Gasteiger partial charge on any atom is 0.123 e. The fraction of sp³-hybridized carbons (Fsp3) is 0.167. The zero-order chi connectivity index (χ0) is 10.8. The van der Waals surface area contributed by atoms with Gasteiger partial charge in [-0.2, -0.15) is 0 Å². The van der Waals surface area contributed by atoms with Gasteiger partial charge in [0.05, 0.1) is 5.38 Å². The monoisotopic (exact) mass is 240 g/mol. The lowest BCUT2D eigenvalue weighted by molar-refractivity contribution is 0.625. The Hall–Kier alpha value is -0.860. The summed E-state index contributed by atoms with van der Waals surface area (Å²) in [6.07, 6.45) is 0. The van der Waals surface area contributed by atoms with Crippen molar-refractivity contribution in [1.82, 2.24) is 0 Å². The van der Waals surface area contributed by atoms with Crippen molar-refractivity contribution >= 4 is 22.9 Å². The molecule has 0 saturated heterocycles. The molecule has 1 unspecified atom stereocenters. The predicted molar refractivity (Wildman–Crippen MR) is 63.2 cm³/mol. The first kappa shape index (κ1) is 10.7. The van der Waals surface area contributed by atoms with Gasteiger partial charge >= 0.3 is 0 Å². The Kier molecular flexibility index (Phi) is 3.08. The van der Waals surface area contributed by atoms with Crippen LogP contribution in [0.1, 0.15) is 21.4 Å². The fourth-order valence-electron chi connectivity index (χ4n) is 1.51. The maximum absolute atomic E-state index is 12.9. The van der Waals surface area contributed by atoms with E-state index in [0.29, 0.717) is 0 Å². The lowest BCUT2D eigenvalue weighted by Gasteiger charge is -2.10. The molecule has 0 aliphatic heterocycles. The van der Waals surface area contributed by atoms with Crippen LogP contribution >= 0.6 is 22.9 Å². The molecule has 0 spiro atoms. The van der Waals surface area contributed by atoms with Crippen molar-refractivity contribution in [3.63, 3.8) is 0 Å². The second-order valence-corrected chi connectivity index (χ2v) is 4.79. The second-order valence-electron chi connectivity index (χ2n) is 3.38. The van der Waals surface area contributed by atoms with Crippen LogP contribution in [-0.2, 0) is 0 Å². The Morgan fingerprint density at radius 1 is 1.33 bits per heavy atom. The summed E-state index contributed by atoms with van der Waals surface area (Å²) in [4.78, 5) is 1.09. The van der Waals surface area contributed by atoms with E-state index in [-0.39, 0.29) is 11.2 Å². The number of hydrogen-bond donors (Lipinski definition) is 0. The van der Waals surface area contributed by atoms with Gasteiger partial charge in [0.1, 0.15) is 5.82 Å². The quantitative estimate of drug-likeness (QED) is 0.677. The molecule has 0 nitrogen and oxygen atoms in total. The van der Waals surface area contributed by atoms with Crippen LogP contribution in [0.5, 0.6) is 0 Å². The van der Waals surface area contributed by atoms with E-state index in [9.17, 15) is 4.39 Å². The van der Waals surface area contributed by atoms with Crippen molar-refractivity contribution in [1.29, 1.82) is 0 Å². The number of thiophene rings is 1. The van der Waals surface area contributed by atoms with Gasteiger partial charge in [-0.3, -0.25) is 0 Å². The van der Waals surface area contributed by atoms with Crippen LogP contribution in [0.3, 0.4) is 0 Å². The first-order valence-electron chi connectivity index (χ1n) is 4.62. The average Bonchev–Trinajstić information content (AvgIpc) is 2.69. The molecule has 2 rings (SSSR count). The van der Waals surface area contributed by atoms with E-state index in [2.05, 4.69) is 0 Å². The Labute approximate surface area is 97.3 Å². The van der Waals surface area contributed by atoms with Crippen LogP contribution in [-0.4, -0.2) is 0 Å². The predicted octanol–water partition coefficient (Wildman–Crippen LogP) is 4.52. The molecule has 1 aromatic heterocycles. The van der Waals surface area contributed by atoms with Crippen LogP contribution in [0.2, 0.25) is 0 Å². The minimum Gasteiger partial charge on any atom is -0.207 e. The number of halogens is 2. The van der Waals surface area contributed by atoms with Gasteiger partial charge in [-0.05, 0) is 41.6 Å². The van der Waals surface area contributed by atoms with Crippen molar-refractivity contribution in [3.8, 4) is 0 Å². The number of hydrogen-bond acceptors (Lipinski definition) is 1. The number of benzene rings is 1. The van der Waals surface area contributed by atoms with E-state index in [1.807, 2.05) is 24.4 Å². The topological polar surface area (TPSA) is 0 Å². The third-order valence-electron chi connectivity index (χ3n) is 2.30. The number of alkyl halides is 1. The third-order valence-corrected chi connectivity index (χ3v) is 3.83. The highest BCUT2D eigenvalue weighted by molar-refractivity contribution is 7.10. The molecular weight excluding hydrogens is 231 g/mol. The highest BCUT2D eigenvalue weighted by Crippen LogP contribution is 2.33. The molecule has 15 heavy (non-hydrogen) atoms. The first-order valence-corrected chi connectivity index (χ1v) is 5.93. The summed E-state index contributed by atoms with van der Waals surface area (Å²) in [6.45, 7) is 1.88. The Balaban J connectivity index is 2.38. The molecule has 0 radical (unpaired) electrons. The third kappa shape index (κ3) is 2.21. The van der Waals surface area contributed by atoms with Gasteiger partial charge in [-0.1, -0.05) is 12.1 Å². The summed E-state index contributed by atoms with van der Waals surface area (Å²) >= 11 is 7.93. The molecule has 0 saturated carbocycles. The minimum absolute atomic E-state index is 0.175. The SMILES string of the molecule is Cc1cc(F)ccc1C(Cl)c1cccs1. The van der Waals surface area contributed by atoms with Gasteiger partial charge in [-0.15, -0.1) is 22.9 Å². The largest absolute Gasteiger partial charge is 0.207 e. The van der Waals surface area contributed by atoms with Crippen molar-refractivity contribution < 1.29 is 4.39 Å². The molecule has 2 aromatic rings. The molecule has 0 amide bonds. The molecule has 3 heteroatoms. The molecule has 78 valence electrons. The lowest BCUT2D eigenvalue weighted by Crippen LogP contribution is -1.94. The van der Waals surface area contributed by atoms with E-state index in [0.717, 1.165) is 16.0 Å². The zero-order valence-corrected chi connectivity index (χ0v) is 9.78. The van der Waals surface area contributed by atoms with Crippen molar-refractivity contribution in [2.24, 2.45) is 0 Å². The standard InChI is InChI=1S/C12H10ClFS/c1-8-7-9(14)4-5-10(8)12(13)11-3-2-6-15-11/h2-7,12H,1H3. The number of rotatable bonds is 2. The van der Waals surface area contributed by atoms with Crippen molar-refractivity contribution in [3.05, 3.63) is 57.5 Å². The van der Waals surface area contributed by atoms with Crippen LogP contribution in [0.25, 0.3) is 0 Å². The molecule has 0 fully saturated rings. The van der Waals surface area contributed by atoms with E-state index in [1.165, 1.54) is 12.1 Å². The van der Waals surface area contributed by atoms with E-state index in [4.69, 9.17) is 11.6 Å². The van der Waals surface area contributed by atoms with Gasteiger partial charge in [-0.25, -0.2) is 4.39 Å². The van der Waals surface area contributed by atoms with E-state index < -0.39 is 0 Å². The normalized spacial score (nSPS) is 12.7. The molecule has 0 aliphatic carbocycles. The van der Waals surface area contributed by atoms with Crippen LogP contribution in [0.15, 0.2) is 35.7 Å². The van der Waals surface area contributed by atoms with Gasteiger partial charge in [0.25, 0.3) is 0 Å². The summed E-state index contributed by atoms with van der Waals surface area (Å²) in [5, 5.41) is 1.81. The lowest BCUT2D eigenvalue weighted by atomic mass is 10.0. The fourth-order valence-corrected chi connectivity index (χ4v) is 2.70. The van der Waals surface area contributed by atoms with E-state index >= 15 is 0 Å². The maximum atomic E-state index is 12.9. The van der Waals surface area contributed by atoms with Gasteiger partial charge in [0.2, 0.25) is 0 Å². The van der Waals surface area contributed by atoms with Crippen molar-refractivity contribution in [2.75, 3.05) is 0 Å². The molecular formula is C12H10ClFS. The van der Waals surface area contributed by atoms with Gasteiger partial charge < -0.3 is 0 Å². The Morgan fingerprint density at radius 2 is 2.13 bits per heavy atom. The van der Waals surface area contributed by atoms with E-state index in [1.54, 1.807) is 17.4 Å².